The van der Waals surface area contributed by atoms with Crippen molar-refractivity contribution in [2.24, 2.45) is 7.05 Å². The van der Waals surface area contributed by atoms with Crippen LogP contribution in [0.15, 0.2) is 24.7 Å². The van der Waals surface area contributed by atoms with Gasteiger partial charge in [0.15, 0.2) is 23.1 Å². The highest BCUT2D eigenvalue weighted by atomic mass is 19.2. The fourth-order valence-corrected chi connectivity index (χ4v) is 3.55. The van der Waals surface area contributed by atoms with Crippen LogP contribution in [0, 0.1) is 17.5 Å². The number of carbonyl (C=O) groups is 1. The predicted molar refractivity (Wildman–Crippen MR) is 104 cm³/mol. The monoisotopic (exact) mass is 419 g/mol. The van der Waals surface area contributed by atoms with Crippen LogP contribution in [-0.4, -0.2) is 62.8 Å². The molecule has 1 unspecified atom stereocenters. The standard InChI is InChI=1S/C19H20F3N7O/c1-11(19(30)26-14-4-3-13(20)15(21)16(14)22)28-5-7-29(8-6-28)18-12-9-25-27(2)17(12)23-10-24-18/h3-4,9-11H,5-8H2,1-2H3,(H,26,30). The van der Waals surface area contributed by atoms with E-state index in [9.17, 15) is 18.0 Å². The van der Waals surface area contributed by atoms with Crippen molar-refractivity contribution in [1.82, 2.24) is 24.6 Å². The number of halogens is 3. The number of piperazine rings is 1. The summed E-state index contributed by atoms with van der Waals surface area (Å²) < 4.78 is 42.0. The van der Waals surface area contributed by atoms with Gasteiger partial charge >= 0.3 is 0 Å². The van der Waals surface area contributed by atoms with E-state index >= 15 is 0 Å². The fourth-order valence-electron chi connectivity index (χ4n) is 3.55. The largest absolute Gasteiger partial charge is 0.353 e. The average molecular weight is 419 g/mol. The Labute approximate surface area is 170 Å². The van der Waals surface area contributed by atoms with Crippen LogP contribution in [0.1, 0.15) is 6.92 Å². The highest BCUT2D eigenvalue weighted by Gasteiger charge is 2.28. The molecular weight excluding hydrogens is 399 g/mol. The zero-order chi connectivity index (χ0) is 21.4. The number of anilines is 2. The molecule has 1 aliphatic heterocycles. The Bertz CT molecular complexity index is 1100. The van der Waals surface area contributed by atoms with Crippen molar-refractivity contribution < 1.29 is 18.0 Å². The number of benzene rings is 1. The molecule has 1 fully saturated rings. The molecule has 30 heavy (non-hydrogen) atoms. The van der Waals surface area contributed by atoms with Gasteiger partial charge in [0.1, 0.15) is 12.1 Å². The maximum atomic E-state index is 13.8. The number of nitrogens with zero attached hydrogens (tertiary/aromatic N) is 6. The first-order valence-corrected chi connectivity index (χ1v) is 9.43. The van der Waals surface area contributed by atoms with E-state index < -0.39 is 29.4 Å². The number of aromatic nitrogens is 4. The first-order chi connectivity index (χ1) is 14.4. The van der Waals surface area contributed by atoms with Crippen molar-refractivity contribution in [1.29, 1.82) is 0 Å². The molecule has 0 bridgehead atoms. The number of fused-ring (bicyclic) bond motifs is 1. The van der Waals surface area contributed by atoms with Gasteiger partial charge in [0.05, 0.1) is 23.3 Å². The number of rotatable bonds is 4. The maximum Gasteiger partial charge on any atom is 0.241 e. The lowest BCUT2D eigenvalue weighted by atomic mass is 10.2. The van der Waals surface area contributed by atoms with Gasteiger partial charge in [-0.2, -0.15) is 5.10 Å². The third kappa shape index (κ3) is 3.56. The molecule has 2 aromatic heterocycles. The van der Waals surface area contributed by atoms with Crippen LogP contribution in [0.2, 0.25) is 0 Å². The van der Waals surface area contributed by atoms with Gasteiger partial charge in [-0.25, -0.2) is 23.1 Å². The molecule has 4 rings (SSSR count). The second kappa shape index (κ2) is 7.90. The molecule has 158 valence electrons. The summed E-state index contributed by atoms with van der Waals surface area (Å²) in [6.07, 6.45) is 3.22. The normalized spacial score (nSPS) is 16.1. The minimum atomic E-state index is -1.61. The van der Waals surface area contributed by atoms with E-state index in [1.54, 1.807) is 17.8 Å². The summed E-state index contributed by atoms with van der Waals surface area (Å²) in [4.78, 5) is 25.2. The molecule has 0 radical (unpaired) electrons. The van der Waals surface area contributed by atoms with Crippen LogP contribution in [0.4, 0.5) is 24.7 Å². The smallest absolute Gasteiger partial charge is 0.241 e. The Balaban J connectivity index is 1.41. The summed E-state index contributed by atoms with van der Waals surface area (Å²) in [6.45, 7) is 4.07. The Morgan fingerprint density at radius 1 is 1.10 bits per heavy atom. The van der Waals surface area contributed by atoms with E-state index in [4.69, 9.17) is 0 Å². The van der Waals surface area contributed by atoms with Crippen LogP contribution in [-0.2, 0) is 11.8 Å². The van der Waals surface area contributed by atoms with Gasteiger partial charge in [0.25, 0.3) is 0 Å². The zero-order valence-electron chi connectivity index (χ0n) is 16.4. The van der Waals surface area contributed by atoms with Gasteiger partial charge < -0.3 is 10.2 Å². The van der Waals surface area contributed by atoms with Crippen LogP contribution in [0.25, 0.3) is 11.0 Å². The first kappa shape index (κ1) is 20.1. The highest BCUT2D eigenvalue weighted by Crippen LogP contribution is 2.24. The van der Waals surface area contributed by atoms with Crippen LogP contribution < -0.4 is 10.2 Å². The summed E-state index contributed by atoms with van der Waals surface area (Å²) in [6, 6.07) is 1.20. The minimum absolute atomic E-state index is 0.385. The predicted octanol–water partition coefficient (Wildman–Crippen LogP) is 1.93. The molecule has 1 atom stereocenters. The number of aryl methyl sites for hydroxylation is 1. The second-order valence-electron chi connectivity index (χ2n) is 7.11. The first-order valence-electron chi connectivity index (χ1n) is 9.43. The Morgan fingerprint density at radius 3 is 2.57 bits per heavy atom. The molecule has 1 aliphatic rings. The minimum Gasteiger partial charge on any atom is -0.353 e. The van der Waals surface area contributed by atoms with Gasteiger partial charge in [-0.05, 0) is 19.1 Å². The number of amides is 1. The van der Waals surface area contributed by atoms with Gasteiger partial charge in [0.2, 0.25) is 5.91 Å². The molecular formula is C19H20F3N7O. The van der Waals surface area contributed by atoms with Gasteiger partial charge in [-0.1, -0.05) is 0 Å². The van der Waals surface area contributed by atoms with Crippen LogP contribution >= 0.6 is 0 Å². The average Bonchev–Trinajstić information content (AvgIpc) is 3.15. The van der Waals surface area contributed by atoms with E-state index in [1.807, 2.05) is 11.9 Å². The van der Waals surface area contributed by atoms with Gasteiger partial charge in [-0.15, -0.1) is 0 Å². The molecule has 1 aromatic carbocycles. The third-order valence-corrected chi connectivity index (χ3v) is 5.34. The van der Waals surface area contributed by atoms with Crippen molar-refractivity contribution in [3.05, 3.63) is 42.1 Å². The SMILES string of the molecule is CC(C(=O)Nc1ccc(F)c(F)c1F)N1CCN(c2ncnc3c2cnn3C)CC1. The second-order valence-corrected chi connectivity index (χ2v) is 7.11. The maximum absolute atomic E-state index is 13.8. The third-order valence-electron chi connectivity index (χ3n) is 5.34. The molecule has 1 N–H and O–H groups in total. The van der Waals surface area contributed by atoms with Gasteiger partial charge in [-0.3, -0.25) is 14.4 Å². The molecule has 0 spiro atoms. The summed E-state index contributed by atoms with van der Waals surface area (Å²) >= 11 is 0. The highest BCUT2D eigenvalue weighted by molar-refractivity contribution is 5.94. The topological polar surface area (TPSA) is 79.2 Å². The fraction of sp³-hybridized carbons (Fsp3) is 0.368. The lowest BCUT2D eigenvalue weighted by Crippen LogP contribution is -2.53. The van der Waals surface area contributed by atoms with E-state index in [1.165, 1.54) is 6.33 Å². The van der Waals surface area contributed by atoms with Crippen molar-refractivity contribution in [3.8, 4) is 0 Å². The van der Waals surface area contributed by atoms with E-state index in [0.717, 1.165) is 29.0 Å². The van der Waals surface area contributed by atoms with E-state index in [0.29, 0.717) is 26.2 Å². The number of hydrogen-bond donors (Lipinski definition) is 1. The summed E-state index contributed by atoms with van der Waals surface area (Å²) in [5, 5.41) is 7.41. The summed E-state index contributed by atoms with van der Waals surface area (Å²) in [5.41, 5.74) is 0.355. The van der Waals surface area contributed by atoms with E-state index in [2.05, 4.69) is 25.3 Å². The number of nitrogens with one attached hydrogen (secondary N) is 1. The van der Waals surface area contributed by atoms with Crippen molar-refractivity contribution in [3.63, 3.8) is 0 Å². The number of hydrogen-bond acceptors (Lipinski definition) is 6. The molecule has 8 nitrogen and oxygen atoms in total. The number of carbonyl (C=O) groups excluding carboxylic acids is 1. The van der Waals surface area contributed by atoms with Crippen molar-refractivity contribution >= 4 is 28.4 Å². The lowest BCUT2D eigenvalue weighted by Gasteiger charge is -2.38. The van der Waals surface area contributed by atoms with Crippen LogP contribution in [0.3, 0.4) is 0 Å². The molecule has 0 saturated carbocycles. The summed E-state index contributed by atoms with van der Waals surface area (Å²) in [5.74, 6) is -4.04. The lowest BCUT2D eigenvalue weighted by molar-refractivity contribution is -0.120. The molecule has 1 saturated heterocycles. The Morgan fingerprint density at radius 2 is 1.83 bits per heavy atom. The van der Waals surface area contributed by atoms with E-state index in [-0.39, 0.29) is 5.69 Å². The quantitative estimate of drug-likeness (QED) is 0.651. The zero-order valence-corrected chi connectivity index (χ0v) is 16.4. The molecule has 3 heterocycles. The van der Waals surface area contributed by atoms with Crippen LogP contribution in [0.5, 0.6) is 0 Å². The Kier molecular flexibility index (Phi) is 5.29. The summed E-state index contributed by atoms with van der Waals surface area (Å²) in [7, 11) is 1.81. The molecule has 3 aromatic rings. The molecule has 11 heteroatoms. The van der Waals surface area contributed by atoms with Crippen molar-refractivity contribution in [2.45, 2.75) is 13.0 Å². The molecule has 0 aliphatic carbocycles. The Hall–Kier alpha value is -3.21. The van der Waals surface area contributed by atoms with Crippen molar-refractivity contribution in [2.75, 3.05) is 36.4 Å². The van der Waals surface area contributed by atoms with Gasteiger partial charge in [0, 0.05) is 33.2 Å². The molecule has 1 amide bonds.